The topological polar surface area (TPSA) is 75.0 Å². The van der Waals surface area contributed by atoms with Gasteiger partial charge < -0.3 is 24.3 Å². The number of nitrogens with one attached hydrogen (secondary N) is 1. The Morgan fingerprint density at radius 1 is 1.38 bits per heavy atom. The van der Waals surface area contributed by atoms with E-state index in [9.17, 15) is 9.59 Å². The summed E-state index contributed by atoms with van der Waals surface area (Å²) in [7, 11) is 1.63. The predicted octanol–water partition coefficient (Wildman–Crippen LogP) is 2.00. The standard InChI is InChI=1S/C19H23N3O4/c1-12-17(13-5-3-4-6-16(13)26-12)18(23)21-8-7-15-14(11-21)20-19(24)22(15)9-10-25-2/h3-6,14-15H,7-11H2,1-2H3,(H,20,24)/t14-,15+/m1/s1. The van der Waals surface area contributed by atoms with E-state index in [1.807, 2.05) is 41.0 Å². The van der Waals surface area contributed by atoms with Crippen molar-refractivity contribution in [1.82, 2.24) is 15.1 Å². The molecule has 138 valence electrons. The number of carbonyl (C=O) groups is 2. The molecule has 7 nitrogen and oxygen atoms in total. The smallest absolute Gasteiger partial charge is 0.318 e. The third kappa shape index (κ3) is 2.72. The molecule has 4 rings (SSSR count). The highest BCUT2D eigenvalue weighted by Gasteiger charge is 2.43. The van der Waals surface area contributed by atoms with E-state index in [-0.39, 0.29) is 24.0 Å². The Bertz CT molecular complexity index is 846. The molecule has 7 heteroatoms. The summed E-state index contributed by atoms with van der Waals surface area (Å²) in [4.78, 5) is 29.0. The van der Waals surface area contributed by atoms with Gasteiger partial charge in [-0.3, -0.25) is 4.79 Å². The van der Waals surface area contributed by atoms with E-state index in [1.165, 1.54) is 0 Å². The van der Waals surface area contributed by atoms with Gasteiger partial charge in [0.25, 0.3) is 5.91 Å². The van der Waals surface area contributed by atoms with Crippen molar-refractivity contribution in [3.63, 3.8) is 0 Å². The van der Waals surface area contributed by atoms with Crippen LogP contribution in [0.15, 0.2) is 28.7 Å². The van der Waals surface area contributed by atoms with Gasteiger partial charge in [0.2, 0.25) is 0 Å². The summed E-state index contributed by atoms with van der Waals surface area (Å²) in [6.45, 7) is 4.04. The summed E-state index contributed by atoms with van der Waals surface area (Å²) in [5.41, 5.74) is 1.35. The Morgan fingerprint density at radius 3 is 3.00 bits per heavy atom. The van der Waals surface area contributed by atoms with Gasteiger partial charge in [0.15, 0.2) is 0 Å². The van der Waals surface area contributed by atoms with Gasteiger partial charge in [-0.25, -0.2) is 4.79 Å². The monoisotopic (exact) mass is 357 g/mol. The van der Waals surface area contributed by atoms with E-state index in [0.717, 1.165) is 17.4 Å². The number of para-hydroxylation sites is 1. The summed E-state index contributed by atoms with van der Waals surface area (Å²) in [5.74, 6) is 0.603. The lowest BCUT2D eigenvalue weighted by Crippen LogP contribution is -2.53. The Kier molecular flexibility index (Phi) is 4.32. The second kappa shape index (κ2) is 6.64. The summed E-state index contributed by atoms with van der Waals surface area (Å²) in [6, 6.07) is 7.58. The number of urea groups is 1. The number of fused-ring (bicyclic) bond motifs is 2. The first-order valence-electron chi connectivity index (χ1n) is 8.93. The molecule has 0 aliphatic carbocycles. The van der Waals surface area contributed by atoms with Crippen molar-refractivity contribution in [2.45, 2.75) is 25.4 Å². The van der Waals surface area contributed by atoms with Crippen LogP contribution in [0.25, 0.3) is 11.0 Å². The van der Waals surface area contributed by atoms with Crippen LogP contribution in [0.4, 0.5) is 4.79 Å². The Balaban J connectivity index is 1.53. The number of rotatable bonds is 4. The number of methoxy groups -OCH3 is 1. The number of likely N-dealkylation sites (tertiary alicyclic amines) is 1. The number of carbonyl (C=O) groups excluding carboxylic acids is 2. The van der Waals surface area contributed by atoms with Crippen molar-refractivity contribution in [2.75, 3.05) is 33.4 Å². The Morgan fingerprint density at radius 2 is 2.19 bits per heavy atom. The third-order valence-corrected chi connectivity index (χ3v) is 5.36. The summed E-state index contributed by atoms with van der Waals surface area (Å²) >= 11 is 0. The molecular weight excluding hydrogens is 334 g/mol. The number of nitrogens with zero attached hydrogens (tertiary/aromatic N) is 2. The number of hydrogen-bond donors (Lipinski definition) is 1. The number of aryl methyl sites for hydroxylation is 1. The first-order valence-corrected chi connectivity index (χ1v) is 8.93. The zero-order chi connectivity index (χ0) is 18.3. The maximum Gasteiger partial charge on any atom is 0.318 e. The number of hydrogen-bond acceptors (Lipinski definition) is 4. The molecule has 0 saturated carbocycles. The molecule has 2 atom stereocenters. The average molecular weight is 357 g/mol. The van der Waals surface area contributed by atoms with Gasteiger partial charge in [-0.05, 0) is 19.4 Å². The lowest BCUT2D eigenvalue weighted by molar-refractivity contribution is 0.0642. The molecule has 0 bridgehead atoms. The number of amides is 3. The quantitative estimate of drug-likeness (QED) is 0.908. The van der Waals surface area contributed by atoms with E-state index in [2.05, 4.69) is 5.32 Å². The van der Waals surface area contributed by atoms with Crippen molar-refractivity contribution >= 4 is 22.9 Å². The lowest BCUT2D eigenvalue weighted by atomic mass is 9.98. The van der Waals surface area contributed by atoms with Crippen molar-refractivity contribution < 1.29 is 18.7 Å². The summed E-state index contributed by atoms with van der Waals surface area (Å²) in [6.07, 6.45) is 0.758. The number of ether oxygens (including phenoxy) is 1. The van der Waals surface area contributed by atoms with Crippen LogP contribution in [0, 0.1) is 6.92 Å². The molecule has 3 amide bonds. The minimum atomic E-state index is -0.0729. The van der Waals surface area contributed by atoms with Crippen molar-refractivity contribution in [3.05, 3.63) is 35.6 Å². The molecule has 1 aromatic carbocycles. The van der Waals surface area contributed by atoms with E-state index >= 15 is 0 Å². The molecule has 3 heterocycles. The Labute approximate surface area is 151 Å². The third-order valence-electron chi connectivity index (χ3n) is 5.36. The highest BCUT2D eigenvalue weighted by Crippen LogP contribution is 2.29. The fourth-order valence-corrected chi connectivity index (χ4v) is 4.08. The highest BCUT2D eigenvalue weighted by atomic mass is 16.5. The van der Waals surface area contributed by atoms with Gasteiger partial charge in [-0.15, -0.1) is 0 Å². The number of benzene rings is 1. The number of furan rings is 1. The molecule has 2 aromatic rings. The van der Waals surface area contributed by atoms with Crippen LogP contribution in [-0.2, 0) is 4.74 Å². The molecule has 0 unspecified atom stereocenters. The normalized spacial score (nSPS) is 22.6. The van der Waals surface area contributed by atoms with Gasteiger partial charge in [0.1, 0.15) is 11.3 Å². The second-order valence-electron chi connectivity index (χ2n) is 6.88. The molecule has 0 radical (unpaired) electrons. The first kappa shape index (κ1) is 16.9. The van der Waals surface area contributed by atoms with Crippen LogP contribution in [0.3, 0.4) is 0 Å². The van der Waals surface area contributed by atoms with Crippen LogP contribution >= 0.6 is 0 Å². The second-order valence-corrected chi connectivity index (χ2v) is 6.88. The minimum Gasteiger partial charge on any atom is -0.461 e. The fraction of sp³-hybridized carbons (Fsp3) is 0.474. The van der Waals surface area contributed by atoms with Crippen LogP contribution in [0.2, 0.25) is 0 Å². The predicted molar refractivity (Wildman–Crippen MR) is 96.2 cm³/mol. The molecule has 0 spiro atoms. The van der Waals surface area contributed by atoms with Crippen molar-refractivity contribution in [1.29, 1.82) is 0 Å². The van der Waals surface area contributed by atoms with Crippen molar-refractivity contribution in [3.8, 4) is 0 Å². The van der Waals surface area contributed by atoms with E-state index in [4.69, 9.17) is 9.15 Å². The molecule has 2 aliphatic rings. The fourth-order valence-electron chi connectivity index (χ4n) is 4.08. The van der Waals surface area contributed by atoms with Crippen LogP contribution < -0.4 is 5.32 Å². The van der Waals surface area contributed by atoms with Gasteiger partial charge >= 0.3 is 6.03 Å². The highest BCUT2D eigenvalue weighted by molar-refractivity contribution is 6.07. The largest absolute Gasteiger partial charge is 0.461 e. The molecule has 1 aromatic heterocycles. The first-order chi connectivity index (χ1) is 12.6. The maximum absolute atomic E-state index is 13.1. The molecule has 2 saturated heterocycles. The van der Waals surface area contributed by atoms with Crippen LogP contribution in [0.1, 0.15) is 22.5 Å². The van der Waals surface area contributed by atoms with Gasteiger partial charge in [-0.2, -0.15) is 0 Å². The van der Waals surface area contributed by atoms with E-state index < -0.39 is 0 Å². The SMILES string of the molecule is COCCN1C(=O)N[C@@H]2CN(C(=O)c3c(C)oc4ccccc34)CC[C@@H]21. The zero-order valence-electron chi connectivity index (χ0n) is 15.0. The van der Waals surface area contributed by atoms with Gasteiger partial charge in [0.05, 0.1) is 24.3 Å². The van der Waals surface area contributed by atoms with E-state index in [1.54, 1.807) is 7.11 Å². The summed E-state index contributed by atoms with van der Waals surface area (Å²) < 4.78 is 10.8. The Hall–Kier alpha value is -2.54. The average Bonchev–Trinajstić information content (AvgIpc) is 3.14. The molecule has 26 heavy (non-hydrogen) atoms. The zero-order valence-corrected chi connectivity index (χ0v) is 15.0. The van der Waals surface area contributed by atoms with Gasteiger partial charge in [-0.1, -0.05) is 18.2 Å². The number of piperidine rings is 1. The molecular formula is C19H23N3O4. The minimum absolute atomic E-state index is 0.0320. The molecule has 2 fully saturated rings. The summed E-state index contributed by atoms with van der Waals surface area (Å²) in [5, 5.41) is 3.85. The van der Waals surface area contributed by atoms with Crippen molar-refractivity contribution in [2.24, 2.45) is 0 Å². The van der Waals surface area contributed by atoms with E-state index in [0.29, 0.717) is 37.6 Å². The van der Waals surface area contributed by atoms with Crippen LogP contribution in [0.5, 0.6) is 0 Å². The van der Waals surface area contributed by atoms with Crippen LogP contribution in [-0.4, -0.2) is 67.2 Å². The van der Waals surface area contributed by atoms with Gasteiger partial charge in [0, 0.05) is 32.1 Å². The molecule has 1 N–H and O–H groups in total. The molecule has 2 aliphatic heterocycles. The lowest BCUT2D eigenvalue weighted by Gasteiger charge is -2.36. The maximum atomic E-state index is 13.1.